The van der Waals surface area contributed by atoms with E-state index in [0.29, 0.717) is 18.6 Å². The molecule has 2 heteroatoms. The van der Waals surface area contributed by atoms with Gasteiger partial charge in [0.15, 0.2) is 0 Å². The molecule has 0 saturated carbocycles. The third-order valence-corrected chi connectivity index (χ3v) is 2.69. The number of hydrogen-bond donors (Lipinski definition) is 0. The van der Waals surface area contributed by atoms with Crippen molar-refractivity contribution in [2.75, 3.05) is 5.33 Å². The zero-order valence-corrected chi connectivity index (χ0v) is 9.79. The molecule has 0 unspecified atom stereocenters. The number of carbonyl (C=O) groups is 1. The molecule has 1 aromatic rings. The van der Waals surface area contributed by atoms with Gasteiger partial charge in [-0.3, -0.25) is 4.79 Å². The van der Waals surface area contributed by atoms with Crippen LogP contribution in [0, 0.1) is 0 Å². The van der Waals surface area contributed by atoms with E-state index in [1.54, 1.807) is 0 Å². The number of benzene rings is 1. The van der Waals surface area contributed by atoms with Crippen LogP contribution >= 0.6 is 15.9 Å². The molecular formula is C12H15BrO. The van der Waals surface area contributed by atoms with Gasteiger partial charge in [-0.15, -0.1) is 0 Å². The number of aryl methyl sites for hydroxylation is 1. The van der Waals surface area contributed by atoms with Crippen LogP contribution in [0.2, 0.25) is 0 Å². The van der Waals surface area contributed by atoms with Crippen LogP contribution in [0.4, 0.5) is 0 Å². The van der Waals surface area contributed by atoms with Crippen LogP contribution in [0.15, 0.2) is 30.3 Å². The first-order chi connectivity index (χ1) is 6.83. The highest BCUT2D eigenvalue weighted by molar-refractivity contribution is 9.09. The molecule has 0 fully saturated rings. The number of ketones is 1. The van der Waals surface area contributed by atoms with Gasteiger partial charge < -0.3 is 0 Å². The third-order valence-electron chi connectivity index (χ3n) is 2.12. The summed E-state index contributed by atoms with van der Waals surface area (Å²) >= 11 is 3.32. The van der Waals surface area contributed by atoms with Crippen LogP contribution in [0.5, 0.6) is 0 Å². The van der Waals surface area contributed by atoms with Gasteiger partial charge in [-0.1, -0.05) is 46.3 Å². The predicted octanol–water partition coefficient (Wildman–Crippen LogP) is 3.36. The summed E-state index contributed by atoms with van der Waals surface area (Å²) in [7, 11) is 0. The fourth-order valence-electron chi connectivity index (χ4n) is 1.32. The lowest BCUT2D eigenvalue weighted by atomic mass is 10.1. The highest BCUT2D eigenvalue weighted by Gasteiger charge is 2.01. The molecule has 0 bridgehead atoms. The quantitative estimate of drug-likeness (QED) is 0.712. The molecule has 1 nitrogen and oxygen atoms in total. The molecule has 0 aliphatic rings. The van der Waals surface area contributed by atoms with E-state index in [4.69, 9.17) is 0 Å². The Bertz CT molecular complexity index is 269. The van der Waals surface area contributed by atoms with Gasteiger partial charge in [-0.2, -0.15) is 0 Å². The second-order valence-corrected chi connectivity index (χ2v) is 4.11. The van der Waals surface area contributed by atoms with Crippen molar-refractivity contribution in [2.24, 2.45) is 0 Å². The zero-order valence-electron chi connectivity index (χ0n) is 8.21. The number of alkyl halides is 1. The predicted molar refractivity (Wildman–Crippen MR) is 62.8 cm³/mol. The van der Waals surface area contributed by atoms with Crippen LogP contribution in [0.3, 0.4) is 0 Å². The lowest BCUT2D eigenvalue weighted by molar-refractivity contribution is -0.119. The third kappa shape index (κ3) is 4.56. The van der Waals surface area contributed by atoms with Crippen molar-refractivity contribution in [3.05, 3.63) is 35.9 Å². The summed E-state index contributed by atoms with van der Waals surface area (Å²) in [5.74, 6) is 0.369. The summed E-state index contributed by atoms with van der Waals surface area (Å²) in [6.45, 7) is 0. The minimum absolute atomic E-state index is 0.369. The van der Waals surface area contributed by atoms with Crippen molar-refractivity contribution < 1.29 is 4.79 Å². The van der Waals surface area contributed by atoms with Crippen LogP contribution in [0.25, 0.3) is 0 Å². The first-order valence-electron chi connectivity index (χ1n) is 4.94. The van der Waals surface area contributed by atoms with E-state index in [1.807, 2.05) is 18.2 Å². The Morgan fingerprint density at radius 1 is 1.14 bits per heavy atom. The first kappa shape index (κ1) is 11.4. The van der Waals surface area contributed by atoms with E-state index in [0.717, 1.165) is 18.2 Å². The molecule has 0 heterocycles. The minimum Gasteiger partial charge on any atom is -0.300 e. The van der Waals surface area contributed by atoms with Crippen molar-refractivity contribution in [1.29, 1.82) is 0 Å². The summed E-state index contributed by atoms with van der Waals surface area (Å²) in [6, 6.07) is 10.2. The Hall–Kier alpha value is -0.630. The van der Waals surface area contributed by atoms with Crippen molar-refractivity contribution in [2.45, 2.75) is 25.7 Å². The molecule has 0 N–H and O–H groups in total. The molecule has 0 aliphatic carbocycles. The molecule has 76 valence electrons. The van der Waals surface area contributed by atoms with E-state index in [2.05, 4.69) is 28.1 Å². The lowest BCUT2D eigenvalue weighted by Crippen LogP contribution is -2.00. The van der Waals surface area contributed by atoms with Crippen LogP contribution in [0.1, 0.15) is 24.8 Å². The number of hydrogen-bond acceptors (Lipinski definition) is 1. The Balaban J connectivity index is 2.24. The van der Waals surface area contributed by atoms with Gasteiger partial charge in [-0.05, 0) is 18.4 Å². The van der Waals surface area contributed by atoms with E-state index in [-0.39, 0.29) is 0 Å². The monoisotopic (exact) mass is 254 g/mol. The Morgan fingerprint density at radius 3 is 2.50 bits per heavy atom. The van der Waals surface area contributed by atoms with Crippen LogP contribution in [-0.2, 0) is 11.2 Å². The lowest BCUT2D eigenvalue weighted by Gasteiger charge is -2.00. The van der Waals surface area contributed by atoms with Gasteiger partial charge in [-0.25, -0.2) is 0 Å². The molecule has 0 spiro atoms. The Labute approximate surface area is 93.7 Å². The second kappa shape index (κ2) is 6.77. The summed E-state index contributed by atoms with van der Waals surface area (Å²) in [4.78, 5) is 11.4. The first-order valence-corrected chi connectivity index (χ1v) is 6.06. The van der Waals surface area contributed by atoms with Gasteiger partial charge in [0, 0.05) is 18.2 Å². The average molecular weight is 255 g/mol. The van der Waals surface area contributed by atoms with Crippen LogP contribution < -0.4 is 0 Å². The molecule has 0 atom stereocenters. The summed E-state index contributed by atoms with van der Waals surface area (Å²) in [6.07, 6.45) is 3.21. The largest absolute Gasteiger partial charge is 0.300 e. The van der Waals surface area contributed by atoms with Crippen molar-refractivity contribution in [1.82, 2.24) is 0 Å². The molecule has 0 aliphatic heterocycles. The Morgan fingerprint density at radius 2 is 1.86 bits per heavy atom. The topological polar surface area (TPSA) is 17.1 Å². The van der Waals surface area contributed by atoms with E-state index < -0.39 is 0 Å². The van der Waals surface area contributed by atoms with Gasteiger partial charge in [0.05, 0.1) is 0 Å². The fourth-order valence-corrected chi connectivity index (χ4v) is 1.60. The molecule has 0 radical (unpaired) electrons. The summed E-state index contributed by atoms with van der Waals surface area (Å²) in [5.41, 5.74) is 1.25. The molecule has 14 heavy (non-hydrogen) atoms. The SMILES string of the molecule is O=C(CCCBr)CCc1ccccc1. The summed E-state index contributed by atoms with van der Waals surface area (Å²) < 4.78 is 0. The second-order valence-electron chi connectivity index (χ2n) is 3.32. The minimum atomic E-state index is 0.369. The van der Waals surface area contributed by atoms with Gasteiger partial charge in [0.2, 0.25) is 0 Å². The van der Waals surface area contributed by atoms with E-state index in [9.17, 15) is 4.79 Å². The number of carbonyl (C=O) groups excluding carboxylic acids is 1. The highest BCUT2D eigenvalue weighted by Crippen LogP contribution is 2.05. The maximum atomic E-state index is 11.4. The number of rotatable bonds is 6. The summed E-state index contributed by atoms with van der Waals surface area (Å²) in [5, 5.41) is 0.921. The van der Waals surface area contributed by atoms with Crippen LogP contribution in [-0.4, -0.2) is 11.1 Å². The number of halogens is 1. The van der Waals surface area contributed by atoms with Gasteiger partial charge >= 0.3 is 0 Å². The standard InChI is InChI=1S/C12H15BrO/c13-10-4-7-12(14)9-8-11-5-2-1-3-6-11/h1-3,5-6H,4,7-10H2. The average Bonchev–Trinajstić information content (AvgIpc) is 2.25. The molecule has 1 aromatic carbocycles. The molecule has 0 amide bonds. The normalized spacial score (nSPS) is 10.1. The zero-order chi connectivity index (χ0) is 10.2. The smallest absolute Gasteiger partial charge is 0.133 e. The molecule has 1 rings (SSSR count). The van der Waals surface area contributed by atoms with Crippen molar-refractivity contribution in [3.8, 4) is 0 Å². The fraction of sp³-hybridized carbons (Fsp3) is 0.417. The highest BCUT2D eigenvalue weighted by atomic mass is 79.9. The maximum absolute atomic E-state index is 11.4. The van der Waals surface area contributed by atoms with E-state index >= 15 is 0 Å². The van der Waals surface area contributed by atoms with Crippen molar-refractivity contribution >= 4 is 21.7 Å². The van der Waals surface area contributed by atoms with E-state index in [1.165, 1.54) is 5.56 Å². The maximum Gasteiger partial charge on any atom is 0.133 e. The van der Waals surface area contributed by atoms with Gasteiger partial charge in [0.1, 0.15) is 5.78 Å². The molecule has 0 saturated heterocycles. The van der Waals surface area contributed by atoms with Crippen molar-refractivity contribution in [3.63, 3.8) is 0 Å². The number of Topliss-reactive ketones (excluding diaryl/α,β-unsaturated/α-hetero) is 1. The van der Waals surface area contributed by atoms with Gasteiger partial charge in [0.25, 0.3) is 0 Å². The Kier molecular flexibility index (Phi) is 5.53. The molecular weight excluding hydrogens is 240 g/mol. The molecule has 0 aromatic heterocycles.